The molecule has 0 unspecified atom stereocenters. The van der Waals surface area contributed by atoms with Crippen LogP contribution in [0.15, 0.2) is 17.0 Å². The largest absolute Gasteiger partial charge is 0.398 e. The molecule has 0 amide bonds. The average molecular weight is 288 g/mol. The summed E-state index contributed by atoms with van der Waals surface area (Å²) >= 11 is 0. The van der Waals surface area contributed by atoms with Crippen molar-refractivity contribution in [3.8, 4) is 0 Å². The number of rotatable bonds is 3. The third-order valence-corrected chi connectivity index (χ3v) is 5.36. The van der Waals surface area contributed by atoms with Crippen molar-refractivity contribution >= 4 is 15.7 Å². The summed E-state index contributed by atoms with van der Waals surface area (Å²) in [6.45, 7) is 3.33. The lowest BCUT2D eigenvalue weighted by Crippen LogP contribution is -2.62. The van der Waals surface area contributed by atoms with E-state index in [-0.39, 0.29) is 29.2 Å². The van der Waals surface area contributed by atoms with Crippen LogP contribution in [-0.4, -0.2) is 36.5 Å². The Morgan fingerprint density at radius 3 is 2.53 bits per heavy atom. The number of nitrogen functional groups attached to an aromatic ring is 1. The van der Waals surface area contributed by atoms with E-state index in [1.165, 1.54) is 13.0 Å². The van der Waals surface area contributed by atoms with Gasteiger partial charge < -0.3 is 10.8 Å². The molecule has 1 aromatic carbocycles. The van der Waals surface area contributed by atoms with E-state index >= 15 is 0 Å². The number of β-amino-alcohol motifs (C(OH)–C–C–N with tert-alkyl or cyclic N) is 1. The first-order valence-electron chi connectivity index (χ1n) is 5.98. The van der Waals surface area contributed by atoms with E-state index in [4.69, 9.17) is 5.73 Å². The number of sulfonamides is 1. The number of hydrogen-bond donors (Lipinski definition) is 2. The standard InChI is InChI=1S/C12H17FN2O3S/c1-3-12(16)6-15(7-12)19(17,18)9-4-10(13)8(2)11(14)5-9/h4-5,16H,3,6-7,14H2,1-2H3. The zero-order valence-corrected chi connectivity index (χ0v) is 11.7. The first kappa shape index (κ1) is 14.2. The van der Waals surface area contributed by atoms with Gasteiger partial charge in [0.15, 0.2) is 0 Å². The number of benzene rings is 1. The van der Waals surface area contributed by atoms with Gasteiger partial charge in [-0.25, -0.2) is 12.8 Å². The van der Waals surface area contributed by atoms with Gasteiger partial charge in [0.2, 0.25) is 10.0 Å². The summed E-state index contributed by atoms with van der Waals surface area (Å²) in [6, 6.07) is 2.21. The Bertz CT molecular complexity index is 586. The second-order valence-electron chi connectivity index (χ2n) is 4.97. The van der Waals surface area contributed by atoms with Gasteiger partial charge in [0.1, 0.15) is 5.82 Å². The van der Waals surface area contributed by atoms with Gasteiger partial charge in [-0.05, 0) is 25.5 Å². The van der Waals surface area contributed by atoms with Crippen LogP contribution in [0.1, 0.15) is 18.9 Å². The fourth-order valence-electron chi connectivity index (χ4n) is 1.98. The van der Waals surface area contributed by atoms with E-state index in [0.29, 0.717) is 6.42 Å². The second kappa shape index (κ2) is 4.43. The van der Waals surface area contributed by atoms with Crippen molar-refractivity contribution in [2.24, 2.45) is 0 Å². The van der Waals surface area contributed by atoms with E-state index in [9.17, 15) is 17.9 Å². The van der Waals surface area contributed by atoms with Crippen molar-refractivity contribution in [3.63, 3.8) is 0 Å². The van der Waals surface area contributed by atoms with Crippen LogP contribution in [-0.2, 0) is 10.0 Å². The van der Waals surface area contributed by atoms with Gasteiger partial charge in [-0.3, -0.25) is 0 Å². The number of hydrogen-bond acceptors (Lipinski definition) is 4. The van der Waals surface area contributed by atoms with Crippen molar-refractivity contribution in [1.82, 2.24) is 4.31 Å². The molecule has 1 heterocycles. The molecular formula is C12H17FN2O3S. The molecule has 0 radical (unpaired) electrons. The van der Waals surface area contributed by atoms with Crippen molar-refractivity contribution in [3.05, 3.63) is 23.5 Å². The molecule has 5 nitrogen and oxygen atoms in total. The Labute approximate surface area is 111 Å². The van der Waals surface area contributed by atoms with Crippen LogP contribution in [0.25, 0.3) is 0 Å². The molecule has 0 atom stereocenters. The maximum atomic E-state index is 13.6. The number of nitrogens with zero attached hydrogens (tertiary/aromatic N) is 1. The van der Waals surface area contributed by atoms with Crippen molar-refractivity contribution < 1.29 is 17.9 Å². The fraction of sp³-hybridized carbons (Fsp3) is 0.500. The lowest BCUT2D eigenvalue weighted by atomic mass is 9.94. The molecule has 106 valence electrons. The van der Waals surface area contributed by atoms with Gasteiger partial charge in [-0.15, -0.1) is 0 Å². The fourth-order valence-corrected chi connectivity index (χ4v) is 3.62. The Hall–Kier alpha value is -1.18. The minimum Gasteiger partial charge on any atom is -0.398 e. The van der Waals surface area contributed by atoms with E-state index in [0.717, 1.165) is 10.4 Å². The molecule has 1 saturated heterocycles. The molecule has 1 aliphatic rings. The molecule has 19 heavy (non-hydrogen) atoms. The van der Waals surface area contributed by atoms with E-state index in [2.05, 4.69) is 0 Å². The normalized spacial score (nSPS) is 19.2. The van der Waals surface area contributed by atoms with E-state index in [1.54, 1.807) is 6.92 Å². The minimum absolute atomic E-state index is 0.0290. The predicted octanol–water partition coefficient (Wildman–Crippen LogP) is 0.862. The predicted molar refractivity (Wildman–Crippen MR) is 69.5 cm³/mol. The molecule has 2 rings (SSSR count). The van der Waals surface area contributed by atoms with Crippen LogP contribution < -0.4 is 5.73 Å². The van der Waals surface area contributed by atoms with Gasteiger partial charge in [-0.2, -0.15) is 4.31 Å². The topological polar surface area (TPSA) is 83.6 Å². The Kier molecular flexibility index (Phi) is 3.32. The number of halogens is 1. The van der Waals surface area contributed by atoms with Crippen molar-refractivity contribution in [2.75, 3.05) is 18.8 Å². The van der Waals surface area contributed by atoms with Gasteiger partial charge in [0.25, 0.3) is 0 Å². The van der Waals surface area contributed by atoms with Crippen LogP contribution >= 0.6 is 0 Å². The summed E-state index contributed by atoms with van der Waals surface area (Å²) in [6.07, 6.45) is 0.476. The molecule has 1 aliphatic heterocycles. The number of aliphatic hydroxyl groups is 1. The summed E-state index contributed by atoms with van der Waals surface area (Å²) in [7, 11) is -3.79. The minimum atomic E-state index is -3.79. The van der Waals surface area contributed by atoms with Crippen LogP contribution in [0.4, 0.5) is 10.1 Å². The maximum absolute atomic E-state index is 13.6. The molecule has 0 spiro atoms. The summed E-state index contributed by atoms with van der Waals surface area (Å²) in [5.41, 5.74) is 4.95. The lowest BCUT2D eigenvalue weighted by Gasteiger charge is -2.44. The molecule has 3 N–H and O–H groups in total. The van der Waals surface area contributed by atoms with Gasteiger partial charge in [-0.1, -0.05) is 6.92 Å². The summed E-state index contributed by atoms with van der Waals surface area (Å²) in [5.74, 6) is -0.648. The number of anilines is 1. The smallest absolute Gasteiger partial charge is 0.243 e. The lowest BCUT2D eigenvalue weighted by molar-refractivity contribution is -0.0613. The molecule has 7 heteroatoms. The summed E-state index contributed by atoms with van der Waals surface area (Å²) in [4.78, 5) is -0.175. The van der Waals surface area contributed by atoms with Crippen LogP contribution in [0.3, 0.4) is 0 Å². The van der Waals surface area contributed by atoms with Crippen molar-refractivity contribution in [2.45, 2.75) is 30.8 Å². The third-order valence-electron chi connectivity index (χ3n) is 3.60. The second-order valence-corrected chi connectivity index (χ2v) is 6.91. The summed E-state index contributed by atoms with van der Waals surface area (Å²) in [5, 5.41) is 9.85. The van der Waals surface area contributed by atoms with Gasteiger partial charge >= 0.3 is 0 Å². The van der Waals surface area contributed by atoms with Crippen molar-refractivity contribution in [1.29, 1.82) is 0 Å². The zero-order valence-electron chi connectivity index (χ0n) is 10.9. The molecule has 1 fully saturated rings. The van der Waals surface area contributed by atoms with Gasteiger partial charge in [0, 0.05) is 24.3 Å². The van der Waals surface area contributed by atoms with Crippen LogP contribution in [0.2, 0.25) is 0 Å². The van der Waals surface area contributed by atoms with Gasteiger partial charge in [0.05, 0.1) is 10.5 Å². The molecule has 0 bridgehead atoms. The number of nitrogens with two attached hydrogens (primary N) is 1. The first-order valence-corrected chi connectivity index (χ1v) is 7.42. The average Bonchev–Trinajstić information content (AvgIpc) is 2.31. The Morgan fingerprint density at radius 1 is 1.47 bits per heavy atom. The highest BCUT2D eigenvalue weighted by atomic mass is 32.2. The van der Waals surface area contributed by atoms with Crippen LogP contribution in [0, 0.1) is 12.7 Å². The third kappa shape index (κ3) is 2.33. The van der Waals surface area contributed by atoms with E-state index in [1.807, 2.05) is 0 Å². The Morgan fingerprint density at radius 2 is 2.05 bits per heavy atom. The molecule has 0 aliphatic carbocycles. The maximum Gasteiger partial charge on any atom is 0.243 e. The molecule has 0 saturated carbocycles. The molecule has 0 aromatic heterocycles. The summed E-state index contributed by atoms with van der Waals surface area (Å²) < 4.78 is 39.1. The van der Waals surface area contributed by atoms with E-state index < -0.39 is 21.4 Å². The zero-order chi connectivity index (χ0) is 14.4. The highest BCUT2D eigenvalue weighted by Crippen LogP contribution is 2.31. The van der Waals surface area contributed by atoms with Crippen LogP contribution in [0.5, 0.6) is 0 Å². The quantitative estimate of drug-likeness (QED) is 0.808. The first-order chi connectivity index (χ1) is 8.69. The Balaban J connectivity index is 2.32. The highest BCUT2D eigenvalue weighted by Gasteiger charge is 2.46. The molecule has 1 aromatic rings. The highest BCUT2D eigenvalue weighted by molar-refractivity contribution is 7.89. The monoisotopic (exact) mass is 288 g/mol. The molecular weight excluding hydrogens is 271 g/mol. The SMILES string of the molecule is CCC1(O)CN(S(=O)(=O)c2cc(N)c(C)c(F)c2)C1.